The van der Waals surface area contributed by atoms with Crippen LogP contribution in [0.4, 0.5) is 5.69 Å². The van der Waals surface area contributed by atoms with Gasteiger partial charge in [0.15, 0.2) is 10.9 Å². The van der Waals surface area contributed by atoms with Crippen LogP contribution < -0.4 is 10.7 Å². The van der Waals surface area contributed by atoms with Crippen molar-refractivity contribution in [3.8, 4) is 0 Å². The normalized spacial score (nSPS) is 16.7. The van der Waals surface area contributed by atoms with E-state index >= 15 is 0 Å². The van der Waals surface area contributed by atoms with Crippen LogP contribution in [0.2, 0.25) is 0 Å². The van der Waals surface area contributed by atoms with E-state index in [9.17, 15) is 4.79 Å². The minimum absolute atomic E-state index is 0.0645. The van der Waals surface area contributed by atoms with E-state index in [1.807, 2.05) is 12.1 Å². The van der Waals surface area contributed by atoms with Crippen molar-refractivity contribution in [3.05, 3.63) is 29.8 Å². The van der Waals surface area contributed by atoms with Gasteiger partial charge in [-0.3, -0.25) is 10.2 Å². The Balaban J connectivity index is 1.83. The third kappa shape index (κ3) is 4.26. The second kappa shape index (κ2) is 6.78. The van der Waals surface area contributed by atoms with E-state index < -0.39 is 0 Å². The van der Waals surface area contributed by atoms with Crippen molar-refractivity contribution in [1.29, 1.82) is 0 Å². The van der Waals surface area contributed by atoms with Gasteiger partial charge in [0.25, 0.3) is 0 Å². The molecule has 108 valence electrons. The van der Waals surface area contributed by atoms with Crippen LogP contribution in [0.25, 0.3) is 0 Å². The molecule has 20 heavy (non-hydrogen) atoms. The van der Waals surface area contributed by atoms with Gasteiger partial charge in [-0.2, -0.15) is 0 Å². The molecule has 1 aliphatic heterocycles. The van der Waals surface area contributed by atoms with Gasteiger partial charge < -0.3 is 10.2 Å². The molecule has 5 nitrogen and oxygen atoms in total. The smallest absolute Gasteiger partial charge is 0.185 e. The summed E-state index contributed by atoms with van der Waals surface area (Å²) >= 11 is 5.29. The first-order chi connectivity index (χ1) is 9.54. The first-order valence-corrected chi connectivity index (χ1v) is 7.07. The number of nitrogens with one attached hydrogen (secondary N) is 2. The van der Waals surface area contributed by atoms with Crippen molar-refractivity contribution in [2.45, 2.75) is 6.92 Å². The van der Waals surface area contributed by atoms with Crippen molar-refractivity contribution in [2.24, 2.45) is 0 Å². The Bertz CT molecular complexity index is 480. The number of ketones is 1. The quantitative estimate of drug-likeness (QED) is 0.647. The van der Waals surface area contributed by atoms with E-state index in [4.69, 9.17) is 12.2 Å². The van der Waals surface area contributed by atoms with Crippen LogP contribution in [0.1, 0.15) is 17.3 Å². The lowest BCUT2D eigenvalue weighted by Gasteiger charge is -2.33. The molecule has 0 spiro atoms. The molecular weight excluding hydrogens is 272 g/mol. The molecule has 6 heteroatoms. The fourth-order valence-electron chi connectivity index (χ4n) is 2.01. The average molecular weight is 292 g/mol. The lowest BCUT2D eigenvalue weighted by molar-refractivity contribution is 0.101. The SMILES string of the molecule is CC(=O)c1ccc(NC(=S)NN2CCN(C)CC2)cc1. The van der Waals surface area contributed by atoms with Gasteiger partial charge in [0.1, 0.15) is 0 Å². The average Bonchev–Trinajstić information content (AvgIpc) is 2.42. The number of anilines is 1. The highest BCUT2D eigenvalue weighted by molar-refractivity contribution is 7.80. The van der Waals surface area contributed by atoms with Crippen molar-refractivity contribution in [3.63, 3.8) is 0 Å². The van der Waals surface area contributed by atoms with E-state index in [0.717, 1.165) is 31.9 Å². The number of nitrogens with zero attached hydrogens (tertiary/aromatic N) is 2. The van der Waals surface area contributed by atoms with Gasteiger partial charge in [0.05, 0.1) is 0 Å². The maximum absolute atomic E-state index is 11.2. The number of Topliss-reactive ketones (excluding diaryl/α,β-unsaturated/α-hetero) is 1. The first-order valence-electron chi connectivity index (χ1n) is 6.67. The summed E-state index contributed by atoms with van der Waals surface area (Å²) in [4.78, 5) is 13.5. The van der Waals surface area contributed by atoms with Gasteiger partial charge in [-0.05, 0) is 50.5 Å². The van der Waals surface area contributed by atoms with E-state index in [0.29, 0.717) is 10.7 Å². The number of piperazine rings is 1. The van der Waals surface area contributed by atoms with Gasteiger partial charge in [0, 0.05) is 37.4 Å². The summed E-state index contributed by atoms with van der Waals surface area (Å²) in [6.45, 7) is 5.51. The highest BCUT2D eigenvalue weighted by atomic mass is 32.1. The van der Waals surface area contributed by atoms with Crippen LogP contribution in [0, 0.1) is 0 Å². The zero-order valence-corrected chi connectivity index (χ0v) is 12.7. The van der Waals surface area contributed by atoms with Crippen molar-refractivity contribution < 1.29 is 4.79 Å². The predicted molar refractivity (Wildman–Crippen MR) is 84.9 cm³/mol. The molecule has 1 heterocycles. The summed E-state index contributed by atoms with van der Waals surface area (Å²) in [6, 6.07) is 7.30. The second-order valence-electron chi connectivity index (χ2n) is 4.99. The fourth-order valence-corrected chi connectivity index (χ4v) is 2.26. The molecule has 1 aliphatic rings. The van der Waals surface area contributed by atoms with Crippen LogP contribution in [0.15, 0.2) is 24.3 Å². The summed E-state index contributed by atoms with van der Waals surface area (Å²) in [5.41, 5.74) is 4.76. The molecule has 0 radical (unpaired) electrons. The van der Waals surface area contributed by atoms with E-state index in [1.54, 1.807) is 19.1 Å². The minimum Gasteiger partial charge on any atom is -0.332 e. The molecule has 2 rings (SSSR count). The Morgan fingerprint density at radius 1 is 1.15 bits per heavy atom. The standard InChI is InChI=1S/C14H20N4OS/c1-11(19)12-3-5-13(6-4-12)15-14(20)16-18-9-7-17(2)8-10-18/h3-6H,7-10H2,1-2H3,(H2,15,16,20). The van der Waals surface area contributed by atoms with Gasteiger partial charge in [-0.1, -0.05) is 0 Å². The number of carbonyl (C=O) groups excluding carboxylic acids is 1. The molecule has 0 bridgehead atoms. The molecule has 1 fully saturated rings. The van der Waals surface area contributed by atoms with Crippen LogP contribution in [-0.4, -0.2) is 54.0 Å². The Morgan fingerprint density at radius 3 is 2.30 bits per heavy atom. The lowest BCUT2D eigenvalue weighted by Crippen LogP contribution is -2.53. The number of hydrogen-bond donors (Lipinski definition) is 2. The van der Waals surface area contributed by atoms with Gasteiger partial charge >= 0.3 is 0 Å². The van der Waals surface area contributed by atoms with Crippen LogP contribution in [-0.2, 0) is 0 Å². The summed E-state index contributed by atoms with van der Waals surface area (Å²) in [5.74, 6) is 0.0645. The number of carbonyl (C=O) groups is 1. The fraction of sp³-hybridized carbons (Fsp3) is 0.429. The Kier molecular flexibility index (Phi) is 5.05. The number of benzene rings is 1. The topological polar surface area (TPSA) is 47.6 Å². The maximum Gasteiger partial charge on any atom is 0.185 e. The number of rotatable bonds is 3. The molecule has 0 aromatic heterocycles. The maximum atomic E-state index is 11.2. The van der Waals surface area contributed by atoms with Gasteiger partial charge in [-0.15, -0.1) is 0 Å². The highest BCUT2D eigenvalue weighted by Crippen LogP contribution is 2.10. The van der Waals surface area contributed by atoms with Gasteiger partial charge in [-0.25, -0.2) is 5.01 Å². The first kappa shape index (κ1) is 14.9. The van der Waals surface area contributed by atoms with Crippen LogP contribution in [0.5, 0.6) is 0 Å². The number of hydrazine groups is 1. The summed E-state index contributed by atoms with van der Waals surface area (Å²) in [6.07, 6.45) is 0. The third-order valence-electron chi connectivity index (χ3n) is 3.31. The minimum atomic E-state index is 0.0645. The Labute approximate surface area is 124 Å². The summed E-state index contributed by atoms with van der Waals surface area (Å²) in [7, 11) is 2.12. The zero-order valence-electron chi connectivity index (χ0n) is 11.8. The third-order valence-corrected chi connectivity index (χ3v) is 3.51. The molecule has 1 saturated heterocycles. The van der Waals surface area contributed by atoms with Crippen LogP contribution in [0.3, 0.4) is 0 Å². The van der Waals surface area contributed by atoms with Crippen molar-refractivity contribution >= 4 is 28.8 Å². The molecule has 2 N–H and O–H groups in total. The van der Waals surface area contributed by atoms with Crippen molar-refractivity contribution in [2.75, 3.05) is 38.5 Å². The molecule has 0 amide bonds. The molecular formula is C14H20N4OS. The molecule has 0 saturated carbocycles. The van der Waals surface area contributed by atoms with Crippen LogP contribution >= 0.6 is 12.2 Å². The molecule has 1 aromatic carbocycles. The van der Waals surface area contributed by atoms with E-state index in [2.05, 4.69) is 27.7 Å². The predicted octanol–water partition coefficient (Wildman–Crippen LogP) is 1.34. The largest absolute Gasteiger partial charge is 0.332 e. The van der Waals surface area contributed by atoms with Crippen molar-refractivity contribution in [1.82, 2.24) is 15.3 Å². The monoisotopic (exact) mass is 292 g/mol. The number of thiocarbonyl (C=S) groups is 1. The summed E-state index contributed by atoms with van der Waals surface area (Å²) < 4.78 is 0. The molecule has 0 aliphatic carbocycles. The zero-order chi connectivity index (χ0) is 14.5. The van der Waals surface area contributed by atoms with Gasteiger partial charge in [0.2, 0.25) is 0 Å². The van der Waals surface area contributed by atoms with E-state index in [-0.39, 0.29) is 5.78 Å². The molecule has 0 unspecified atom stereocenters. The molecule has 1 aromatic rings. The highest BCUT2D eigenvalue weighted by Gasteiger charge is 2.14. The number of likely N-dealkylation sites (N-methyl/N-ethyl adjacent to an activating group) is 1. The Hall–Kier alpha value is -1.50. The van der Waals surface area contributed by atoms with E-state index in [1.165, 1.54) is 0 Å². The second-order valence-corrected chi connectivity index (χ2v) is 5.40. The lowest BCUT2D eigenvalue weighted by atomic mass is 10.1. The molecule has 0 atom stereocenters. The number of hydrogen-bond acceptors (Lipinski definition) is 4. The summed E-state index contributed by atoms with van der Waals surface area (Å²) in [5, 5.41) is 5.80. The Morgan fingerprint density at radius 2 is 1.75 bits per heavy atom.